The third-order valence-corrected chi connectivity index (χ3v) is 3.54. The van der Waals surface area contributed by atoms with Gasteiger partial charge in [0.15, 0.2) is 0 Å². The van der Waals surface area contributed by atoms with Gasteiger partial charge in [-0.25, -0.2) is 13.6 Å². The Labute approximate surface area is 124 Å². The number of furan rings is 1. The van der Waals surface area contributed by atoms with Gasteiger partial charge in [-0.05, 0) is 36.8 Å². The van der Waals surface area contributed by atoms with Crippen molar-refractivity contribution < 1.29 is 17.6 Å². The predicted octanol–water partition coefficient (Wildman–Crippen LogP) is 1.62. The minimum atomic E-state index is -3.78. The molecule has 0 radical (unpaired) electrons. The molecule has 0 saturated carbocycles. The van der Waals surface area contributed by atoms with Gasteiger partial charge in [0.1, 0.15) is 11.5 Å². The summed E-state index contributed by atoms with van der Waals surface area (Å²) in [6, 6.07) is 10.7. The molecule has 7 heteroatoms. The van der Waals surface area contributed by atoms with Crippen LogP contribution in [0.1, 0.15) is 18.2 Å². The van der Waals surface area contributed by atoms with E-state index >= 15 is 0 Å². The van der Waals surface area contributed by atoms with Crippen molar-refractivity contribution in [3.63, 3.8) is 0 Å². The first-order valence-electron chi connectivity index (χ1n) is 6.53. The van der Waals surface area contributed by atoms with E-state index in [4.69, 9.17) is 14.3 Å². The molecule has 0 aliphatic rings. The summed E-state index contributed by atoms with van der Waals surface area (Å²) in [5.41, 5.74) is 1.07. The summed E-state index contributed by atoms with van der Waals surface area (Å²) in [6.45, 7) is 3.59. The fourth-order valence-corrected chi connectivity index (χ4v) is 2.33. The summed E-state index contributed by atoms with van der Waals surface area (Å²) in [6.07, 6.45) is 0. The molecule has 6 nitrogen and oxygen atoms in total. The summed E-state index contributed by atoms with van der Waals surface area (Å²) in [7, 11) is -3.78. The molecule has 21 heavy (non-hydrogen) atoms. The molecule has 1 heterocycles. The third-order valence-electron chi connectivity index (χ3n) is 2.76. The van der Waals surface area contributed by atoms with Crippen molar-refractivity contribution in [2.24, 2.45) is 5.14 Å². The van der Waals surface area contributed by atoms with Crippen molar-refractivity contribution in [1.29, 1.82) is 0 Å². The van der Waals surface area contributed by atoms with Crippen LogP contribution in [0.25, 0.3) is 0 Å². The van der Waals surface area contributed by atoms with E-state index < -0.39 is 10.0 Å². The molecule has 0 unspecified atom stereocenters. The third kappa shape index (κ3) is 4.59. The quantitative estimate of drug-likeness (QED) is 0.810. The number of rotatable bonds is 7. The average Bonchev–Trinajstić information content (AvgIpc) is 2.88. The van der Waals surface area contributed by atoms with Crippen LogP contribution in [-0.2, 0) is 23.1 Å². The lowest BCUT2D eigenvalue weighted by Gasteiger charge is -2.06. The average molecular weight is 310 g/mol. The molecule has 0 aliphatic heterocycles. The normalized spacial score (nSPS) is 11.5. The number of benzene rings is 1. The fourth-order valence-electron chi connectivity index (χ4n) is 1.85. The maximum atomic E-state index is 11.1. The lowest BCUT2D eigenvalue weighted by atomic mass is 10.2. The summed E-state index contributed by atoms with van der Waals surface area (Å²) in [5.74, 6) is 1.34. The van der Waals surface area contributed by atoms with Crippen LogP contribution in [0.2, 0.25) is 0 Å². The van der Waals surface area contributed by atoms with Crippen LogP contribution in [0.4, 0.5) is 0 Å². The Morgan fingerprint density at radius 1 is 1.24 bits per heavy atom. The number of nitrogens with two attached hydrogens (primary N) is 1. The monoisotopic (exact) mass is 310 g/mol. The predicted molar refractivity (Wildman–Crippen MR) is 78.2 cm³/mol. The zero-order valence-electron chi connectivity index (χ0n) is 11.7. The second-order valence-corrected chi connectivity index (χ2v) is 5.94. The van der Waals surface area contributed by atoms with Crippen LogP contribution < -0.4 is 15.2 Å². The highest BCUT2D eigenvalue weighted by Crippen LogP contribution is 2.14. The second-order valence-electron chi connectivity index (χ2n) is 4.45. The molecule has 3 N–H and O–H groups in total. The highest BCUT2D eigenvalue weighted by Gasteiger charge is 2.12. The molecule has 0 aliphatic carbocycles. The molecule has 0 atom stereocenters. The zero-order chi connectivity index (χ0) is 15.3. The van der Waals surface area contributed by atoms with Crippen LogP contribution in [-0.4, -0.2) is 15.0 Å². The number of primary sulfonamides is 1. The van der Waals surface area contributed by atoms with Crippen molar-refractivity contribution in [2.45, 2.75) is 25.1 Å². The van der Waals surface area contributed by atoms with E-state index in [-0.39, 0.29) is 5.09 Å². The first-order valence-corrected chi connectivity index (χ1v) is 8.07. The number of sulfonamides is 1. The number of ether oxygens (including phenoxy) is 1. The van der Waals surface area contributed by atoms with E-state index in [1.807, 2.05) is 31.2 Å². The molecule has 114 valence electrons. The SMILES string of the molecule is CCOc1cccc(CNCc2ccc(S(N)(=O)=O)o2)c1. The van der Waals surface area contributed by atoms with Gasteiger partial charge in [-0.2, -0.15) is 0 Å². The zero-order valence-corrected chi connectivity index (χ0v) is 12.5. The van der Waals surface area contributed by atoms with Gasteiger partial charge in [0.05, 0.1) is 13.2 Å². The Hall–Kier alpha value is -1.83. The van der Waals surface area contributed by atoms with Gasteiger partial charge >= 0.3 is 0 Å². The van der Waals surface area contributed by atoms with Gasteiger partial charge in [-0.15, -0.1) is 0 Å². The lowest BCUT2D eigenvalue weighted by molar-refractivity contribution is 0.339. The Kier molecular flexibility index (Phi) is 5.00. The van der Waals surface area contributed by atoms with Crippen molar-refractivity contribution in [3.05, 3.63) is 47.7 Å². The van der Waals surface area contributed by atoms with Crippen molar-refractivity contribution >= 4 is 10.0 Å². The molecule has 2 rings (SSSR count). The Bertz CT molecular complexity index is 695. The number of nitrogens with one attached hydrogen (secondary N) is 1. The Balaban J connectivity index is 1.89. The van der Waals surface area contributed by atoms with E-state index in [1.54, 1.807) is 6.07 Å². The van der Waals surface area contributed by atoms with Crippen LogP contribution in [0.15, 0.2) is 45.9 Å². The largest absolute Gasteiger partial charge is 0.494 e. The first-order chi connectivity index (χ1) is 9.99. The van der Waals surface area contributed by atoms with Crippen molar-refractivity contribution in [2.75, 3.05) is 6.61 Å². The topological polar surface area (TPSA) is 94.6 Å². The molecular weight excluding hydrogens is 292 g/mol. The van der Waals surface area contributed by atoms with E-state index in [2.05, 4.69) is 5.32 Å². The minimum Gasteiger partial charge on any atom is -0.494 e. The molecule has 0 fully saturated rings. The molecule has 1 aromatic heterocycles. The standard InChI is InChI=1S/C14H18N2O4S/c1-2-19-12-5-3-4-11(8-12)9-16-10-13-6-7-14(20-13)21(15,17)18/h3-8,16H,2,9-10H2,1H3,(H2,15,17,18). The van der Waals surface area contributed by atoms with Gasteiger partial charge < -0.3 is 14.5 Å². The van der Waals surface area contributed by atoms with Gasteiger partial charge in [-0.3, -0.25) is 0 Å². The van der Waals surface area contributed by atoms with E-state index in [0.717, 1.165) is 11.3 Å². The first kappa shape index (κ1) is 15.6. The van der Waals surface area contributed by atoms with Crippen molar-refractivity contribution in [1.82, 2.24) is 5.32 Å². The van der Waals surface area contributed by atoms with Gasteiger partial charge in [0, 0.05) is 6.54 Å². The molecule has 0 saturated heterocycles. The number of hydrogen-bond acceptors (Lipinski definition) is 5. The van der Waals surface area contributed by atoms with E-state index in [1.165, 1.54) is 6.07 Å². The summed E-state index contributed by atoms with van der Waals surface area (Å²) in [5, 5.41) is 7.92. The Morgan fingerprint density at radius 2 is 2.05 bits per heavy atom. The van der Waals surface area contributed by atoms with Crippen LogP contribution >= 0.6 is 0 Å². The van der Waals surface area contributed by atoms with Crippen LogP contribution in [0.5, 0.6) is 5.75 Å². The number of hydrogen-bond donors (Lipinski definition) is 2. The highest BCUT2D eigenvalue weighted by atomic mass is 32.2. The summed E-state index contributed by atoms with van der Waals surface area (Å²) >= 11 is 0. The molecule has 2 aromatic rings. The van der Waals surface area contributed by atoms with Crippen molar-refractivity contribution in [3.8, 4) is 5.75 Å². The molecule has 1 aromatic carbocycles. The maximum absolute atomic E-state index is 11.1. The summed E-state index contributed by atoms with van der Waals surface area (Å²) in [4.78, 5) is 0. The van der Waals surface area contributed by atoms with Gasteiger partial charge in [-0.1, -0.05) is 12.1 Å². The maximum Gasteiger partial charge on any atom is 0.271 e. The Morgan fingerprint density at radius 3 is 2.71 bits per heavy atom. The fraction of sp³-hybridized carbons (Fsp3) is 0.286. The van der Waals surface area contributed by atoms with Gasteiger partial charge in [0.2, 0.25) is 5.09 Å². The highest BCUT2D eigenvalue weighted by molar-refractivity contribution is 7.89. The van der Waals surface area contributed by atoms with Gasteiger partial charge in [0.25, 0.3) is 10.0 Å². The lowest BCUT2D eigenvalue weighted by Crippen LogP contribution is -2.13. The molecular formula is C14H18N2O4S. The van der Waals surface area contributed by atoms with E-state index in [0.29, 0.717) is 25.5 Å². The summed E-state index contributed by atoms with van der Waals surface area (Å²) < 4.78 is 32.8. The molecule has 0 amide bonds. The van der Waals surface area contributed by atoms with Crippen LogP contribution in [0, 0.1) is 0 Å². The molecule has 0 spiro atoms. The van der Waals surface area contributed by atoms with Crippen LogP contribution in [0.3, 0.4) is 0 Å². The van der Waals surface area contributed by atoms with E-state index in [9.17, 15) is 8.42 Å². The minimum absolute atomic E-state index is 0.224. The molecule has 0 bridgehead atoms. The smallest absolute Gasteiger partial charge is 0.271 e. The second kappa shape index (κ2) is 6.75.